The molecule has 0 radical (unpaired) electrons. The monoisotopic (exact) mass is 335 g/mol. The van der Waals surface area contributed by atoms with Gasteiger partial charge in [0.05, 0.1) is 16.8 Å². The van der Waals surface area contributed by atoms with Gasteiger partial charge in [0.25, 0.3) is 0 Å². The molecule has 0 aliphatic carbocycles. The Balaban J connectivity index is 1.84. The Morgan fingerprint density at radius 3 is 3.00 bits per heavy atom. The van der Waals surface area contributed by atoms with Crippen LogP contribution in [0.5, 0.6) is 0 Å². The summed E-state index contributed by atoms with van der Waals surface area (Å²) in [6, 6.07) is 3.60. The van der Waals surface area contributed by atoms with E-state index in [2.05, 4.69) is 15.8 Å². The Morgan fingerprint density at radius 2 is 2.18 bits per heavy atom. The van der Waals surface area contributed by atoms with Gasteiger partial charge in [0.1, 0.15) is 4.90 Å². The van der Waals surface area contributed by atoms with E-state index in [4.69, 9.17) is 6.42 Å². The molecule has 116 valence electrons. The zero-order valence-electron chi connectivity index (χ0n) is 12.1. The van der Waals surface area contributed by atoms with Gasteiger partial charge in [-0.1, -0.05) is 5.92 Å². The molecule has 0 saturated carbocycles. The van der Waals surface area contributed by atoms with Crippen LogP contribution in [0.1, 0.15) is 6.42 Å². The van der Waals surface area contributed by atoms with E-state index < -0.39 is 10.0 Å². The van der Waals surface area contributed by atoms with Crippen molar-refractivity contribution in [3.63, 3.8) is 0 Å². The van der Waals surface area contributed by atoms with E-state index in [1.54, 1.807) is 10.4 Å². The van der Waals surface area contributed by atoms with Crippen molar-refractivity contribution in [1.82, 2.24) is 14.2 Å². The molecule has 3 rings (SSSR count). The van der Waals surface area contributed by atoms with Crippen LogP contribution in [-0.2, 0) is 10.0 Å². The summed E-state index contributed by atoms with van der Waals surface area (Å²) in [6.07, 6.45) is 7.57. The molecule has 0 aromatic carbocycles. The zero-order valence-corrected chi connectivity index (χ0v) is 13.7. The molecule has 22 heavy (non-hydrogen) atoms. The first-order chi connectivity index (χ1) is 10.6. The summed E-state index contributed by atoms with van der Waals surface area (Å²) in [5.41, 5.74) is 0.833. The fraction of sp³-hybridized carbons (Fsp3) is 0.400. The molecule has 0 amide bonds. The normalized spacial score (nSPS) is 18.1. The molecule has 3 heterocycles. The van der Waals surface area contributed by atoms with Crippen LogP contribution < -0.4 is 0 Å². The number of thiophene rings is 1. The van der Waals surface area contributed by atoms with Gasteiger partial charge in [-0.15, -0.1) is 17.8 Å². The van der Waals surface area contributed by atoms with Gasteiger partial charge < -0.3 is 0 Å². The molecule has 1 saturated heterocycles. The summed E-state index contributed by atoms with van der Waals surface area (Å²) < 4.78 is 28.0. The second-order valence-electron chi connectivity index (χ2n) is 5.21. The summed E-state index contributed by atoms with van der Waals surface area (Å²) in [5, 5.41) is 1.91. The maximum Gasteiger partial charge on any atom is 0.244 e. The lowest BCUT2D eigenvalue weighted by atomic mass is 10.4. The minimum absolute atomic E-state index is 0.271. The molecule has 2 aromatic heterocycles. The number of hydrogen-bond acceptors (Lipinski definition) is 5. The summed E-state index contributed by atoms with van der Waals surface area (Å²) in [5.74, 6) is 2.62. The number of fused-ring (bicyclic) bond motifs is 1. The highest BCUT2D eigenvalue weighted by molar-refractivity contribution is 7.89. The minimum Gasteiger partial charge on any atom is -0.291 e. The van der Waals surface area contributed by atoms with Crippen molar-refractivity contribution in [2.45, 2.75) is 11.3 Å². The highest BCUT2D eigenvalue weighted by Crippen LogP contribution is 2.24. The average molecular weight is 335 g/mol. The fourth-order valence-electron chi connectivity index (χ4n) is 2.59. The Morgan fingerprint density at radius 1 is 1.32 bits per heavy atom. The molecular weight excluding hydrogens is 318 g/mol. The van der Waals surface area contributed by atoms with Gasteiger partial charge in [0.2, 0.25) is 10.0 Å². The Labute approximate surface area is 134 Å². The predicted octanol–water partition coefficient (Wildman–Crippen LogP) is 1.63. The van der Waals surface area contributed by atoms with Gasteiger partial charge >= 0.3 is 0 Å². The maximum absolute atomic E-state index is 12.8. The van der Waals surface area contributed by atoms with Crippen molar-refractivity contribution in [3.05, 3.63) is 23.7 Å². The first kappa shape index (κ1) is 15.4. The smallest absolute Gasteiger partial charge is 0.244 e. The SMILES string of the molecule is C#CCN1CCCN(S(=O)(=O)c2cnc3ccsc3c2)CC1. The third-order valence-corrected chi connectivity index (χ3v) is 6.49. The molecule has 7 heteroatoms. The van der Waals surface area contributed by atoms with Gasteiger partial charge in [-0.2, -0.15) is 4.31 Å². The first-order valence-electron chi connectivity index (χ1n) is 7.10. The molecule has 1 aliphatic heterocycles. The topological polar surface area (TPSA) is 53.5 Å². The van der Waals surface area contributed by atoms with Crippen molar-refractivity contribution in [1.29, 1.82) is 0 Å². The zero-order chi connectivity index (χ0) is 15.6. The van der Waals surface area contributed by atoms with Crippen molar-refractivity contribution in [3.8, 4) is 12.3 Å². The van der Waals surface area contributed by atoms with Gasteiger partial charge in [-0.25, -0.2) is 8.42 Å². The summed E-state index contributed by atoms with van der Waals surface area (Å²) in [7, 11) is -3.49. The third kappa shape index (κ3) is 3.01. The highest BCUT2D eigenvalue weighted by Gasteiger charge is 2.27. The Hall–Kier alpha value is -1.46. The Bertz CT molecular complexity index is 808. The molecule has 0 N–H and O–H groups in total. The predicted molar refractivity (Wildman–Crippen MR) is 88.3 cm³/mol. The van der Waals surface area contributed by atoms with Crippen LogP contribution in [0.25, 0.3) is 10.2 Å². The molecule has 0 unspecified atom stereocenters. The largest absolute Gasteiger partial charge is 0.291 e. The summed E-state index contributed by atoms with van der Waals surface area (Å²) in [6.45, 7) is 3.05. The molecule has 1 aliphatic rings. The van der Waals surface area contributed by atoms with Crippen molar-refractivity contribution < 1.29 is 8.42 Å². The highest BCUT2D eigenvalue weighted by atomic mass is 32.2. The van der Waals surface area contributed by atoms with Crippen molar-refractivity contribution in [2.75, 3.05) is 32.7 Å². The van der Waals surface area contributed by atoms with E-state index in [-0.39, 0.29) is 4.90 Å². The Kier molecular flexibility index (Phi) is 4.45. The lowest BCUT2D eigenvalue weighted by molar-refractivity contribution is 0.320. The van der Waals surface area contributed by atoms with E-state index >= 15 is 0 Å². The van der Waals surface area contributed by atoms with Crippen molar-refractivity contribution in [2.24, 2.45) is 0 Å². The summed E-state index contributed by atoms with van der Waals surface area (Å²) in [4.78, 5) is 6.62. The molecule has 0 spiro atoms. The quantitative estimate of drug-likeness (QED) is 0.800. The first-order valence-corrected chi connectivity index (χ1v) is 9.42. The molecule has 1 fully saturated rings. The molecule has 5 nitrogen and oxygen atoms in total. The molecular formula is C15H17N3O2S2. The molecule has 0 bridgehead atoms. The minimum atomic E-state index is -3.49. The standard InChI is InChI=1S/C15H17N3O2S2/c1-2-5-17-6-3-7-18(9-8-17)22(19,20)13-11-15-14(16-12-13)4-10-21-15/h1,4,10-12H,3,5-9H2. The average Bonchev–Trinajstić information content (AvgIpc) is 2.85. The van der Waals surface area contributed by atoms with Crippen LogP contribution in [0.15, 0.2) is 28.6 Å². The van der Waals surface area contributed by atoms with E-state index in [1.165, 1.54) is 17.5 Å². The van der Waals surface area contributed by atoms with E-state index in [1.807, 2.05) is 11.4 Å². The van der Waals surface area contributed by atoms with Crippen molar-refractivity contribution >= 4 is 31.6 Å². The number of aromatic nitrogens is 1. The van der Waals surface area contributed by atoms with Gasteiger partial charge in [-0.3, -0.25) is 9.88 Å². The van der Waals surface area contributed by atoms with Crippen LogP contribution in [0.2, 0.25) is 0 Å². The molecule has 0 atom stereocenters. The number of sulfonamides is 1. The number of nitrogens with zero attached hydrogens (tertiary/aromatic N) is 3. The van der Waals surface area contributed by atoms with E-state index in [0.717, 1.165) is 23.2 Å². The molecule has 2 aromatic rings. The van der Waals surface area contributed by atoms with E-state index in [9.17, 15) is 8.42 Å². The number of hydrogen-bond donors (Lipinski definition) is 0. The second kappa shape index (κ2) is 6.34. The second-order valence-corrected chi connectivity index (χ2v) is 8.10. The number of terminal acetylenes is 1. The maximum atomic E-state index is 12.8. The fourth-order valence-corrected chi connectivity index (χ4v) is 4.89. The number of pyridine rings is 1. The lowest BCUT2D eigenvalue weighted by Crippen LogP contribution is -2.35. The lowest BCUT2D eigenvalue weighted by Gasteiger charge is -2.20. The van der Waals surface area contributed by atoms with Crippen LogP contribution in [-0.4, -0.2) is 55.3 Å². The summed E-state index contributed by atoms with van der Waals surface area (Å²) >= 11 is 1.50. The van der Waals surface area contributed by atoms with Crippen LogP contribution in [0.3, 0.4) is 0 Å². The third-order valence-electron chi connectivity index (χ3n) is 3.78. The van der Waals surface area contributed by atoms with Gasteiger partial charge in [0.15, 0.2) is 0 Å². The van der Waals surface area contributed by atoms with E-state index in [0.29, 0.717) is 26.2 Å². The van der Waals surface area contributed by atoms with Gasteiger partial charge in [0, 0.05) is 32.4 Å². The van der Waals surface area contributed by atoms with Gasteiger partial charge in [-0.05, 0) is 23.9 Å². The van der Waals surface area contributed by atoms with Crippen LogP contribution in [0.4, 0.5) is 0 Å². The number of rotatable bonds is 3. The van der Waals surface area contributed by atoms with Crippen LogP contribution in [0, 0.1) is 12.3 Å². The van der Waals surface area contributed by atoms with Crippen LogP contribution >= 0.6 is 11.3 Å².